The zero-order valence-corrected chi connectivity index (χ0v) is 16.7. The van der Waals surface area contributed by atoms with Crippen LogP contribution in [0.2, 0.25) is 0 Å². The number of amides is 1. The van der Waals surface area contributed by atoms with Gasteiger partial charge in [-0.2, -0.15) is 24.5 Å². The van der Waals surface area contributed by atoms with Crippen LogP contribution in [-0.4, -0.2) is 37.2 Å². The van der Waals surface area contributed by atoms with Gasteiger partial charge in [0.2, 0.25) is 0 Å². The number of nitrogens with one attached hydrogen (secondary N) is 1. The van der Waals surface area contributed by atoms with Crippen LogP contribution in [0.3, 0.4) is 0 Å². The minimum Gasteiger partial charge on any atom is -0.378 e. The second-order valence-electron chi connectivity index (χ2n) is 6.33. The minimum absolute atomic E-state index is 0.108. The highest BCUT2D eigenvalue weighted by molar-refractivity contribution is 7.14. The quantitative estimate of drug-likeness (QED) is 0.623. The Kier molecular flexibility index (Phi) is 5.57. The summed E-state index contributed by atoms with van der Waals surface area (Å²) in [7, 11) is 0. The standard InChI is InChI=1S/C19H16F3N3O2S2/c20-19(21,22)13-1-2-16(25-4-6-27-7-5-25)14(9-13)23-17(26)15-11-29-18(24-15)12-3-8-28-10-12/h1-3,8-11H,4-7H2,(H,23,26). The van der Waals surface area contributed by atoms with Crippen molar-refractivity contribution in [2.75, 3.05) is 36.5 Å². The van der Waals surface area contributed by atoms with Gasteiger partial charge in [0.05, 0.1) is 30.2 Å². The van der Waals surface area contributed by atoms with Crippen LogP contribution in [0.4, 0.5) is 24.5 Å². The molecular weight excluding hydrogens is 423 g/mol. The lowest BCUT2D eigenvalue weighted by Gasteiger charge is -2.31. The van der Waals surface area contributed by atoms with Gasteiger partial charge in [0.1, 0.15) is 10.7 Å². The predicted octanol–water partition coefficient (Wildman–Crippen LogP) is 4.98. The molecule has 1 aliphatic rings. The lowest BCUT2D eigenvalue weighted by atomic mass is 10.1. The molecule has 10 heteroatoms. The van der Waals surface area contributed by atoms with E-state index in [9.17, 15) is 18.0 Å². The number of rotatable bonds is 4. The fourth-order valence-electron chi connectivity index (χ4n) is 2.98. The number of thiophene rings is 1. The smallest absolute Gasteiger partial charge is 0.378 e. The molecule has 4 rings (SSSR count). The van der Waals surface area contributed by atoms with E-state index in [0.717, 1.165) is 17.7 Å². The second-order valence-corrected chi connectivity index (χ2v) is 7.97. The molecule has 1 aromatic carbocycles. The summed E-state index contributed by atoms with van der Waals surface area (Å²) in [5.41, 5.74) is 0.899. The summed E-state index contributed by atoms with van der Waals surface area (Å²) in [5.74, 6) is -0.545. The number of hydrogen-bond donors (Lipinski definition) is 1. The number of thiazole rings is 1. The van der Waals surface area contributed by atoms with Crippen molar-refractivity contribution in [3.63, 3.8) is 0 Å². The molecule has 0 radical (unpaired) electrons. The Morgan fingerprint density at radius 3 is 2.66 bits per heavy atom. The third kappa shape index (κ3) is 4.44. The molecule has 29 heavy (non-hydrogen) atoms. The fourth-order valence-corrected chi connectivity index (χ4v) is 4.49. The Morgan fingerprint density at radius 2 is 1.97 bits per heavy atom. The molecule has 2 aromatic heterocycles. The number of aromatic nitrogens is 1. The van der Waals surface area contributed by atoms with Gasteiger partial charge in [-0.05, 0) is 29.6 Å². The summed E-state index contributed by atoms with van der Waals surface area (Å²) in [6, 6.07) is 5.28. The highest BCUT2D eigenvalue weighted by Crippen LogP contribution is 2.36. The molecule has 1 fully saturated rings. The van der Waals surface area contributed by atoms with E-state index >= 15 is 0 Å². The monoisotopic (exact) mass is 439 g/mol. The van der Waals surface area contributed by atoms with Crippen molar-refractivity contribution in [1.29, 1.82) is 0 Å². The average molecular weight is 439 g/mol. The highest BCUT2D eigenvalue weighted by atomic mass is 32.1. The Hall–Kier alpha value is -2.43. The van der Waals surface area contributed by atoms with E-state index in [-0.39, 0.29) is 11.4 Å². The van der Waals surface area contributed by atoms with Gasteiger partial charge in [0.25, 0.3) is 5.91 Å². The highest BCUT2D eigenvalue weighted by Gasteiger charge is 2.32. The molecule has 152 valence electrons. The van der Waals surface area contributed by atoms with Gasteiger partial charge in [-0.15, -0.1) is 11.3 Å². The van der Waals surface area contributed by atoms with Gasteiger partial charge >= 0.3 is 6.18 Å². The van der Waals surface area contributed by atoms with E-state index in [1.807, 2.05) is 21.7 Å². The third-order valence-electron chi connectivity index (χ3n) is 4.43. The van der Waals surface area contributed by atoms with Crippen molar-refractivity contribution in [2.45, 2.75) is 6.18 Å². The zero-order valence-electron chi connectivity index (χ0n) is 15.0. The summed E-state index contributed by atoms with van der Waals surface area (Å²) in [5, 5.41) is 8.74. The molecule has 0 atom stereocenters. The van der Waals surface area contributed by atoms with E-state index in [4.69, 9.17) is 4.74 Å². The van der Waals surface area contributed by atoms with E-state index < -0.39 is 17.6 Å². The number of nitrogens with zero attached hydrogens (tertiary/aromatic N) is 2. The number of carbonyl (C=O) groups is 1. The van der Waals surface area contributed by atoms with Crippen molar-refractivity contribution in [2.24, 2.45) is 0 Å². The topological polar surface area (TPSA) is 54.5 Å². The van der Waals surface area contributed by atoms with Crippen LogP contribution in [0.25, 0.3) is 10.6 Å². The lowest BCUT2D eigenvalue weighted by molar-refractivity contribution is -0.137. The van der Waals surface area contributed by atoms with E-state index in [1.54, 1.807) is 5.38 Å². The minimum atomic E-state index is -4.50. The van der Waals surface area contributed by atoms with Crippen LogP contribution in [0.5, 0.6) is 0 Å². The zero-order chi connectivity index (χ0) is 20.4. The first-order valence-electron chi connectivity index (χ1n) is 8.75. The van der Waals surface area contributed by atoms with Crippen molar-refractivity contribution in [3.8, 4) is 10.6 Å². The Labute approximate surface area is 172 Å². The number of hydrogen-bond acceptors (Lipinski definition) is 6. The van der Waals surface area contributed by atoms with Crippen LogP contribution >= 0.6 is 22.7 Å². The summed E-state index contributed by atoms with van der Waals surface area (Å²) in [4.78, 5) is 18.9. The Morgan fingerprint density at radius 1 is 1.17 bits per heavy atom. The first-order chi connectivity index (χ1) is 13.9. The SMILES string of the molecule is O=C(Nc1cc(C(F)(F)F)ccc1N1CCOCC1)c1csc(-c2ccsc2)n1. The van der Waals surface area contributed by atoms with Gasteiger partial charge in [0, 0.05) is 29.4 Å². The summed E-state index contributed by atoms with van der Waals surface area (Å²) in [6.45, 7) is 2.02. The van der Waals surface area contributed by atoms with Crippen LogP contribution in [0.1, 0.15) is 16.1 Å². The van der Waals surface area contributed by atoms with Gasteiger partial charge in [-0.1, -0.05) is 0 Å². The first kappa shape index (κ1) is 19.9. The Balaban J connectivity index is 1.62. The maximum atomic E-state index is 13.2. The third-order valence-corrected chi connectivity index (χ3v) is 6.00. The van der Waals surface area contributed by atoms with Gasteiger partial charge in [0.15, 0.2) is 0 Å². The van der Waals surface area contributed by atoms with Crippen LogP contribution < -0.4 is 10.2 Å². The summed E-state index contributed by atoms with van der Waals surface area (Å²) in [6.07, 6.45) is -4.50. The van der Waals surface area contributed by atoms with E-state index in [2.05, 4.69) is 10.3 Å². The molecule has 0 saturated carbocycles. The Bertz CT molecular complexity index is 997. The molecule has 3 heterocycles. The number of carbonyl (C=O) groups excluding carboxylic acids is 1. The molecule has 1 aliphatic heterocycles. The van der Waals surface area contributed by atoms with E-state index in [1.165, 1.54) is 28.7 Å². The van der Waals surface area contributed by atoms with Crippen LogP contribution in [-0.2, 0) is 10.9 Å². The molecule has 0 bridgehead atoms. The molecular formula is C19H16F3N3O2S2. The number of ether oxygens (including phenoxy) is 1. The van der Waals surface area contributed by atoms with Gasteiger partial charge in [-0.25, -0.2) is 4.98 Å². The van der Waals surface area contributed by atoms with Crippen LogP contribution in [0.15, 0.2) is 40.4 Å². The normalized spacial score (nSPS) is 14.8. The number of benzene rings is 1. The molecule has 0 unspecified atom stereocenters. The molecule has 3 aromatic rings. The van der Waals surface area contributed by atoms with Crippen LogP contribution in [0, 0.1) is 0 Å². The predicted molar refractivity (Wildman–Crippen MR) is 108 cm³/mol. The number of morpholine rings is 1. The maximum Gasteiger partial charge on any atom is 0.416 e. The second kappa shape index (κ2) is 8.13. The fraction of sp³-hybridized carbons (Fsp3) is 0.263. The average Bonchev–Trinajstić information content (AvgIpc) is 3.39. The number of anilines is 2. The van der Waals surface area contributed by atoms with Crippen molar-refractivity contribution < 1.29 is 22.7 Å². The first-order valence-corrected chi connectivity index (χ1v) is 10.6. The molecule has 1 amide bonds. The van der Waals surface area contributed by atoms with Crippen molar-refractivity contribution >= 4 is 40.0 Å². The summed E-state index contributed by atoms with van der Waals surface area (Å²) >= 11 is 2.83. The molecule has 0 aliphatic carbocycles. The largest absolute Gasteiger partial charge is 0.416 e. The molecule has 0 spiro atoms. The summed E-state index contributed by atoms with van der Waals surface area (Å²) < 4.78 is 44.9. The molecule has 5 nitrogen and oxygen atoms in total. The van der Waals surface area contributed by atoms with Crippen molar-refractivity contribution in [1.82, 2.24) is 4.98 Å². The van der Waals surface area contributed by atoms with E-state index in [0.29, 0.717) is 37.0 Å². The number of alkyl halides is 3. The molecule has 1 saturated heterocycles. The maximum absolute atomic E-state index is 13.2. The van der Waals surface area contributed by atoms with Gasteiger partial charge < -0.3 is 15.0 Å². The van der Waals surface area contributed by atoms with Crippen molar-refractivity contribution in [3.05, 3.63) is 51.7 Å². The molecule has 1 N–H and O–H groups in total. The lowest BCUT2D eigenvalue weighted by Crippen LogP contribution is -2.36. The number of halogens is 3. The van der Waals surface area contributed by atoms with Gasteiger partial charge in [-0.3, -0.25) is 4.79 Å².